The maximum atomic E-state index is 6.14. The molecule has 0 aliphatic heterocycles. The van der Waals surface area contributed by atoms with Crippen LogP contribution in [-0.4, -0.2) is 15.2 Å². The molecule has 0 saturated heterocycles. The summed E-state index contributed by atoms with van der Waals surface area (Å²) in [6.45, 7) is 8.94. The fraction of sp³-hybridized carbons (Fsp3) is 1.00. The second-order valence-electron chi connectivity index (χ2n) is 2.93. The van der Waals surface area contributed by atoms with E-state index in [-0.39, 0.29) is 0 Å². The zero-order chi connectivity index (χ0) is 6.73. The summed E-state index contributed by atoms with van der Waals surface area (Å²) >= 11 is -1.30. The fourth-order valence-electron chi connectivity index (χ4n) is 0.770. The summed E-state index contributed by atoms with van der Waals surface area (Å²) in [7, 11) is 6.14. The Kier molecular flexibility index (Phi) is 4.31. The molecule has 0 aromatic heterocycles. The van der Waals surface area contributed by atoms with E-state index in [1.54, 1.807) is 0 Å². The van der Waals surface area contributed by atoms with Gasteiger partial charge < -0.3 is 0 Å². The van der Waals surface area contributed by atoms with Crippen LogP contribution in [-0.2, 0) is 0 Å². The monoisotopic (exact) mass is 190 g/mol. The molecule has 0 nitrogen and oxygen atoms in total. The third-order valence-electron chi connectivity index (χ3n) is 1.27. The zero-order valence-electron chi connectivity index (χ0n) is 6.11. The first kappa shape index (κ1) is 8.93. The van der Waals surface area contributed by atoms with Crippen molar-refractivity contribution in [2.24, 2.45) is 0 Å². The molecule has 0 saturated carbocycles. The van der Waals surface area contributed by atoms with Crippen LogP contribution in [0.1, 0.15) is 27.7 Å². The Balaban J connectivity index is 3.46. The van der Waals surface area contributed by atoms with Gasteiger partial charge in [0, 0.05) is 0 Å². The van der Waals surface area contributed by atoms with Gasteiger partial charge in [-0.2, -0.15) is 0 Å². The quantitative estimate of drug-likeness (QED) is 0.589. The summed E-state index contributed by atoms with van der Waals surface area (Å²) in [5.74, 6) is 0. The van der Waals surface area contributed by atoms with Crippen LogP contribution >= 0.6 is 9.64 Å². The molecule has 0 aromatic rings. The second kappa shape index (κ2) is 3.86. The number of rotatable bonds is 2. The average Bonchev–Trinajstić information content (AvgIpc) is 1.64. The minimum absolute atomic E-state index is 0.796. The third-order valence-corrected chi connectivity index (χ3v) is 11.9. The Morgan fingerprint density at radius 1 is 1.00 bits per heavy atom. The molecule has 0 amide bonds. The van der Waals surface area contributed by atoms with Crippen molar-refractivity contribution in [3.63, 3.8) is 0 Å². The molecule has 2 heteroatoms. The number of halogens is 1. The van der Waals surface area contributed by atoms with Crippen LogP contribution < -0.4 is 0 Å². The molecule has 0 aromatic carbocycles. The van der Waals surface area contributed by atoms with E-state index in [1.807, 2.05) is 0 Å². The van der Waals surface area contributed by atoms with Crippen molar-refractivity contribution < 1.29 is 0 Å². The van der Waals surface area contributed by atoms with Gasteiger partial charge in [0.25, 0.3) is 0 Å². The van der Waals surface area contributed by atoms with E-state index in [0.29, 0.717) is 0 Å². The van der Waals surface area contributed by atoms with Gasteiger partial charge in [0.05, 0.1) is 0 Å². The Bertz CT molecular complexity index is 53.5. The number of hydrogen-bond donors (Lipinski definition) is 0. The standard InChI is InChI=1S/2C3H7.ClH.Ga/c2*1-3-2;;/h2*3H,1-2H3;1H;/q;;;+1/p-1. The molecule has 0 fully saturated rings. The van der Waals surface area contributed by atoms with Crippen LogP contribution in [0.15, 0.2) is 0 Å². The van der Waals surface area contributed by atoms with Gasteiger partial charge in [0.2, 0.25) is 0 Å². The molecular weight excluding hydrogens is 177 g/mol. The van der Waals surface area contributed by atoms with Gasteiger partial charge in [-0.15, -0.1) is 0 Å². The van der Waals surface area contributed by atoms with Crippen molar-refractivity contribution in [3.05, 3.63) is 0 Å². The first-order chi connectivity index (χ1) is 3.55. The van der Waals surface area contributed by atoms with Crippen LogP contribution in [0.5, 0.6) is 0 Å². The van der Waals surface area contributed by atoms with Gasteiger partial charge in [-0.3, -0.25) is 0 Å². The summed E-state index contributed by atoms with van der Waals surface area (Å²) in [4.78, 5) is 0. The molecule has 0 atom stereocenters. The minimum atomic E-state index is -1.30. The summed E-state index contributed by atoms with van der Waals surface area (Å²) < 4.78 is 1.59. The van der Waals surface area contributed by atoms with E-state index in [0.717, 1.165) is 8.94 Å². The molecule has 0 aliphatic carbocycles. The topological polar surface area (TPSA) is 0 Å². The molecule has 8 heavy (non-hydrogen) atoms. The second-order valence-corrected chi connectivity index (χ2v) is 13.0. The molecular formula is C6H14ClGa. The van der Waals surface area contributed by atoms with Crippen LogP contribution in [0.25, 0.3) is 0 Å². The van der Waals surface area contributed by atoms with E-state index >= 15 is 0 Å². The molecule has 0 N–H and O–H groups in total. The van der Waals surface area contributed by atoms with Gasteiger partial charge in [0.1, 0.15) is 0 Å². The maximum absolute atomic E-state index is 6.14. The molecule has 0 aliphatic rings. The van der Waals surface area contributed by atoms with Crippen molar-refractivity contribution >= 4 is 24.9 Å². The van der Waals surface area contributed by atoms with Crippen molar-refractivity contribution in [1.82, 2.24) is 0 Å². The van der Waals surface area contributed by atoms with Crippen LogP contribution in [0, 0.1) is 0 Å². The van der Waals surface area contributed by atoms with Gasteiger partial charge in [-0.1, -0.05) is 0 Å². The predicted molar refractivity (Wildman–Crippen MR) is 41.8 cm³/mol. The predicted octanol–water partition coefficient (Wildman–Crippen LogP) is 3.04. The molecule has 0 rings (SSSR count). The Labute approximate surface area is 61.7 Å². The van der Waals surface area contributed by atoms with Crippen LogP contribution in [0.3, 0.4) is 0 Å². The van der Waals surface area contributed by atoms with E-state index in [1.165, 1.54) is 0 Å². The van der Waals surface area contributed by atoms with E-state index in [2.05, 4.69) is 27.7 Å². The molecule has 0 unspecified atom stereocenters. The summed E-state index contributed by atoms with van der Waals surface area (Å²) in [5, 5.41) is 0. The van der Waals surface area contributed by atoms with Crippen LogP contribution in [0.2, 0.25) is 8.94 Å². The summed E-state index contributed by atoms with van der Waals surface area (Å²) in [6.07, 6.45) is 0. The normalized spacial score (nSPS) is 10.9. The molecule has 0 radical (unpaired) electrons. The Morgan fingerprint density at radius 3 is 1.25 bits per heavy atom. The molecule has 0 heterocycles. The van der Waals surface area contributed by atoms with Crippen molar-refractivity contribution in [3.8, 4) is 0 Å². The van der Waals surface area contributed by atoms with Gasteiger partial charge in [-0.25, -0.2) is 0 Å². The molecule has 0 bridgehead atoms. The van der Waals surface area contributed by atoms with Crippen LogP contribution in [0.4, 0.5) is 0 Å². The van der Waals surface area contributed by atoms with E-state index < -0.39 is 15.2 Å². The Hall–Kier alpha value is 0.926. The van der Waals surface area contributed by atoms with Crippen molar-refractivity contribution in [2.45, 2.75) is 36.6 Å². The van der Waals surface area contributed by atoms with Gasteiger partial charge >= 0.3 is 61.5 Å². The van der Waals surface area contributed by atoms with Gasteiger partial charge in [0.15, 0.2) is 0 Å². The van der Waals surface area contributed by atoms with E-state index in [4.69, 9.17) is 9.64 Å². The summed E-state index contributed by atoms with van der Waals surface area (Å²) in [5.41, 5.74) is 0. The Morgan fingerprint density at radius 2 is 1.25 bits per heavy atom. The SMILES string of the molecule is C[CH](C)[Ga]([Cl])[CH](C)C. The zero-order valence-corrected chi connectivity index (χ0v) is 9.29. The first-order valence-corrected chi connectivity index (χ1v) is 9.18. The fourth-order valence-corrected chi connectivity index (χ4v) is 4.00. The van der Waals surface area contributed by atoms with E-state index in [9.17, 15) is 0 Å². The first-order valence-electron chi connectivity index (χ1n) is 3.19. The average molecular weight is 191 g/mol. The summed E-state index contributed by atoms with van der Waals surface area (Å²) in [6, 6.07) is 0. The third kappa shape index (κ3) is 3.05. The van der Waals surface area contributed by atoms with Crippen molar-refractivity contribution in [1.29, 1.82) is 0 Å². The molecule has 0 spiro atoms. The van der Waals surface area contributed by atoms with Crippen molar-refractivity contribution in [2.75, 3.05) is 0 Å². The van der Waals surface area contributed by atoms with Gasteiger partial charge in [-0.05, 0) is 0 Å². The number of hydrogen-bond acceptors (Lipinski definition) is 0. The molecule has 48 valence electrons.